The molecule has 0 atom stereocenters. The van der Waals surface area contributed by atoms with E-state index in [1.807, 2.05) is 36.4 Å². The van der Waals surface area contributed by atoms with Crippen LogP contribution in [-0.2, 0) is 0 Å². The van der Waals surface area contributed by atoms with E-state index in [4.69, 9.17) is 0 Å². The van der Waals surface area contributed by atoms with E-state index >= 15 is 0 Å². The second-order valence-electron chi connectivity index (χ2n) is 1.15. The maximum absolute atomic E-state index is 2.00. The predicted molar refractivity (Wildman–Crippen MR) is 38.0 cm³/mol. The molecule has 0 fully saturated rings. The van der Waals surface area contributed by atoms with Crippen molar-refractivity contribution < 1.29 is 0 Å². The van der Waals surface area contributed by atoms with Gasteiger partial charge in [0.15, 0.2) is 0 Å². The van der Waals surface area contributed by atoms with Gasteiger partial charge in [0.2, 0.25) is 0 Å². The monoisotopic (exact) mass is 96.1 g/mol. The van der Waals surface area contributed by atoms with Crippen LogP contribution in [0, 0.1) is 0 Å². The SMILES string of the molecule is [B].[Li].c1ccccc1. The zero-order chi connectivity index (χ0) is 4.24. The number of hydrogen-bond acceptors (Lipinski definition) is 0. The number of hydrogen-bond donors (Lipinski definition) is 0. The number of rotatable bonds is 0. The Morgan fingerprint density at radius 1 is 0.500 bits per heavy atom. The van der Waals surface area contributed by atoms with Gasteiger partial charge >= 0.3 is 0 Å². The maximum atomic E-state index is 2.00. The van der Waals surface area contributed by atoms with Gasteiger partial charge in [-0.3, -0.25) is 0 Å². The van der Waals surface area contributed by atoms with Crippen molar-refractivity contribution in [1.29, 1.82) is 0 Å². The Hall–Kier alpha value is -0.118. The average Bonchev–Trinajstić information content (AvgIpc) is 1.72. The molecule has 1 rings (SSSR count). The first-order valence-corrected chi connectivity index (χ1v) is 2.00. The molecule has 0 spiro atoms. The van der Waals surface area contributed by atoms with Gasteiger partial charge in [-0.25, -0.2) is 0 Å². The third kappa shape index (κ3) is 4.05. The summed E-state index contributed by atoms with van der Waals surface area (Å²) in [5, 5.41) is 0. The van der Waals surface area contributed by atoms with E-state index in [1.165, 1.54) is 0 Å². The third-order valence-electron chi connectivity index (χ3n) is 0.667. The molecule has 1 aromatic carbocycles. The van der Waals surface area contributed by atoms with Gasteiger partial charge in [-0.05, 0) is 0 Å². The van der Waals surface area contributed by atoms with E-state index in [0.717, 1.165) is 0 Å². The fourth-order valence-corrected chi connectivity index (χ4v) is 0.385. The van der Waals surface area contributed by atoms with Gasteiger partial charge in [0.05, 0.1) is 0 Å². The molecule has 0 aliphatic carbocycles. The van der Waals surface area contributed by atoms with E-state index < -0.39 is 0 Å². The van der Waals surface area contributed by atoms with Crippen molar-refractivity contribution in [3.8, 4) is 0 Å². The average molecular weight is 95.9 g/mol. The summed E-state index contributed by atoms with van der Waals surface area (Å²) in [6, 6.07) is 12.0. The molecule has 0 amide bonds. The molecular weight excluding hydrogens is 89.8 g/mol. The second-order valence-corrected chi connectivity index (χ2v) is 1.15. The Morgan fingerprint density at radius 3 is 0.750 bits per heavy atom. The zero-order valence-corrected chi connectivity index (χ0v) is 5.04. The van der Waals surface area contributed by atoms with Crippen molar-refractivity contribution in [3.63, 3.8) is 0 Å². The van der Waals surface area contributed by atoms with Crippen LogP contribution < -0.4 is 0 Å². The van der Waals surface area contributed by atoms with E-state index in [2.05, 4.69) is 0 Å². The molecule has 0 heterocycles. The van der Waals surface area contributed by atoms with Crippen molar-refractivity contribution in [1.82, 2.24) is 0 Å². The topological polar surface area (TPSA) is 0 Å². The van der Waals surface area contributed by atoms with Crippen LogP contribution in [0.4, 0.5) is 0 Å². The first kappa shape index (κ1) is 10.8. The maximum Gasteiger partial charge on any atom is 0 e. The van der Waals surface area contributed by atoms with Crippen molar-refractivity contribution in [2.75, 3.05) is 0 Å². The summed E-state index contributed by atoms with van der Waals surface area (Å²) in [5.41, 5.74) is 0. The first-order valence-electron chi connectivity index (χ1n) is 2.00. The van der Waals surface area contributed by atoms with E-state index in [1.54, 1.807) is 0 Å². The standard InChI is InChI=1S/C6H6.B.Li/c1-2-4-6-5-3-1;;/h1-6H;;. The molecular formula is C6H6BLi. The van der Waals surface area contributed by atoms with Crippen LogP contribution in [0.1, 0.15) is 0 Å². The van der Waals surface area contributed by atoms with Gasteiger partial charge in [-0.15, -0.1) is 0 Å². The molecule has 1 aromatic rings. The molecule has 0 aliphatic heterocycles. The second kappa shape index (κ2) is 6.88. The number of benzene rings is 1. The quantitative estimate of drug-likeness (QED) is 0.421. The van der Waals surface area contributed by atoms with Crippen molar-refractivity contribution in [2.24, 2.45) is 0 Å². The Labute approximate surface area is 64.1 Å². The van der Waals surface area contributed by atoms with Crippen molar-refractivity contribution in [3.05, 3.63) is 36.4 Å². The van der Waals surface area contributed by atoms with Gasteiger partial charge in [-0.2, -0.15) is 0 Å². The molecule has 0 aromatic heterocycles. The van der Waals surface area contributed by atoms with Crippen molar-refractivity contribution in [2.45, 2.75) is 0 Å². The molecule has 0 aliphatic rings. The first-order chi connectivity index (χ1) is 3.00. The summed E-state index contributed by atoms with van der Waals surface area (Å²) >= 11 is 0. The minimum absolute atomic E-state index is 0. The summed E-state index contributed by atoms with van der Waals surface area (Å²) in [7, 11) is 0. The van der Waals surface area contributed by atoms with Gasteiger partial charge in [0.1, 0.15) is 0 Å². The van der Waals surface area contributed by atoms with Gasteiger partial charge in [0, 0.05) is 27.3 Å². The fourth-order valence-electron chi connectivity index (χ4n) is 0.385. The van der Waals surface area contributed by atoms with Crippen LogP contribution in [0.5, 0.6) is 0 Å². The van der Waals surface area contributed by atoms with Crippen LogP contribution in [0.25, 0.3) is 0 Å². The van der Waals surface area contributed by atoms with Crippen LogP contribution in [0.3, 0.4) is 0 Å². The predicted octanol–water partition coefficient (Wildman–Crippen LogP) is 0.925. The van der Waals surface area contributed by atoms with Gasteiger partial charge in [-0.1, -0.05) is 36.4 Å². The van der Waals surface area contributed by atoms with Crippen LogP contribution >= 0.6 is 0 Å². The molecule has 8 heavy (non-hydrogen) atoms. The van der Waals surface area contributed by atoms with Crippen LogP contribution in [0.15, 0.2) is 36.4 Å². The molecule has 34 valence electrons. The third-order valence-corrected chi connectivity index (χ3v) is 0.667. The Kier molecular flexibility index (Phi) is 9.28. The zero-order valence-electron chi connectivity index (χ0n) is 5.04. The molecule has 0 nitrogen and oxygen atoms in total. The van der Waals surface area contributed by atoms with Crippen molar-refractivity contribution >= 4 is 27.3 Å². The molecule has 2 heteroatoms. The van der Waals surface area contributed by atoms with Crippen LogP contribution in [-0.4, -0.2) is 27.3 Å². The smallest absolute Gasteiger partial charge is 0 e. The van der Waals surface area contributed by atoms with E-state index in [9.17, 15) is 0 Å². The summed E-state index contributed by atoms with van der Waals surface area (Å²) in [5.74, 6) is 0. The minimum atomic E-state index is 0. The molecule has 0 saturated carbocycles. The minimum Gasteiger partial charge on any atom is -0.0623 e. The molecule has 0 N–H and O–H groups in total. The molecule has 0 unspecified atom stereocenters. The van der Waals surface area contributed by atoms with E-state index in [-0.39, 0.29) is 27.3 Å². The Bertz CT molecular complexity index is 80.5. The summed E-state index contributed by atoms with van der Waals surface area (Å²) in [6.07, 6.45) is 0. The van der Waals surface area contributed by atoms with Gasteiger partial charge in [0.25, 0.3) is 0 Å². The van der Waals surface area contributed by atoms with Crippen LogP contribution in [0.2, 0.25) is 0 Å². The summed E-state index contributed by atoms with van der Waals surface area (Å²) < 4.78 is 0. The fraction of sp³-hybridized carbons (Fsp3) is 0. The van der Waals surface area contributed by atoms with E-state index in [0.29, 0.717) is 0 Å². The Morgan fingerprint density at radius 2 is 0.625 bits per heavy atom. The summed E-state index contributed by atoms with van der Waals surface area (Å²) in [6.45, 7) is 0. The molecule has 0 saturated heterocycles. The van der Waals surface area contributed by atoms with Gasteiger partial charge < -0.3 is 0 Å². The molecule has 4 radical (unpaired) electrons. The largest absolute Gasteiger partial charge is 0.0623 e. The normalized spacial score (nSPS) is 6.00. The summed E-state index contributed by atoms with van der Waals surface area (Å²) in [4.78, 5) is 0. The molecule has 0 bridgehead atoms. The Balaban J connectivity index is 0.